The Morgan fingerprint density at radius 1 is 0.336 bits per heavy atom. The van der Waals surface area contributed by atoms with Gasteiger partial charge < -0.3 is 52.7 Å². The largest absolute Gasteiger partial charge is 0.508 e. The molecule has 25 heteroatoms. The SMILES string of the molecule is CC(C)Cc1oc2ccccc2c1C(=O)c1cc(I)c(O)c(I)c1.CCc1oc2ccc(O)cc2c1C(=O)c1cc(Br)c(O)c(Br)c1.CCc1oc2ccccc2c1C(=O)c1cc(I)c(O)c(I)c1.Cc1oc2ccccc2c1C(=O)c1cc(I)c(O)c(I)c1.Cc1oc2ccccc2c1C(=O)c1ccc(O)c(I)c1. The molecule has 0 aliphatic heterocycles. The second-order valence-electron chi connectivity index (χ2n) is 25.2. The number of rotatable bonds is 14. The standard InChI is InChI=1S/C19H16I2O3.C17H12Br2O4.C17H12I2O3.C16H10I2O3.C16H11IO3/c1-10(2)7-16-17(12-5-3-4-6-15(12)24-16)18(22)11-8-13(20)19(23)14(21)9-11;1-2-13-15(10-7-9(20)3-4-14(10)23-13)16(21)8-5-11(18)17(22)12(19)6-8;1-2-13-15(10-5-3-4-6-14(10)22-13)16(20)9-7-11(18)17(21)12(19)8-9;1-8-14(10-4-2-3-5-13(10)21-8)15(19)9-6-11(17)16(20)12(18)7-9;1-9-15(11-4-2-3-5-14(11)20-9)16(19)10-6-7-13(18)12(17)8-10/h3-6,8-10,23H,7H2,1-2H3;3-7,20,22H,2H2,1H3;3-8,21H,2H2,1H3;2-7,20H,1H3;2-8,18H,1H3. The Hall–Kier alpha value is -6.88. The van der Waals surface area contributed by atoms with Crippen LogP contribution in [0.5, 0.6) is 34.5 Å². The lowest BCUT2D eigenvalue weighted by molar-refractivity contribution is 0.103. The van der Waals surface area contributed by atoms with Crippen LogP contribution in [0.2, 0.25) is 0 Å². The maximum Gasteiger partial charge on any atom is 0.197 e. The molecule has 0 unspecified atom stereocenters. The molecule has 0 amide bonds. The number of fused-ring (bicyclic) bond motifs is 5. The minimum Gasteiger partial charge on any atom is -0.508 e. The van der Waals surface area contributed by atoms with Gasteiger partial charge in [0, 0.05) is 74.0 Å². The van der Waals surface area contributed by atoms with Gasteiger partial charge >= 0.3 is 0 Å². The summed E-state index contributed by atoms with van der Waals surface area (Å²) >= 11 is 20.7. The summed E-state index contributed by atoms with van der Waals surface area (Å²) < 4.78 is 34.2. The van der Waals surface area contributed by atoms with Gasteiger partial charge in [-0.05, 0) is 319 Å². The van der Waals surface area contributed by atoms with Crippen LogP contribution >= 0.6 is 190 Å². The number of para-hydroxylation sites is 4. The summed E-state index contributed by atoms with van der Waals surface area (Å²) in [6, 6.07) is 53.1. The molecular weight excluding hydrogens is 2330 g/mol. The van der Waals surface area contributed by atoms with Gasteiger partial charge in [-0.2, -0.15) is 0 Å². The number of benzene rings is 10. The fourth-order valence-corrected chi connectivity index (χ4v) is 19.2. The van der Waals surface area contributed by atoms with E-state index in [1.807, 2.05) is 269 Å². The smallest absolute Gasteiger partial charge is 0.197 e. The molecule has 0 aliphatic rings. The van der Waals surface area contributed by atoms with Gasteiger partial charge in [0.25, 0.3) is 0 Å². The van der Waals surface area contributed by atoms with Crippen LogP contribution in [-0.2, 0) is 19.3 Å². The third kappa shape index (κ3) is 18.3. The number of carbonyl (C=O) groups is 5. The molecule has 0 fully saturated rings. The molecule has 5 aromatic heterocycles. The van der Waals surface area contributed by atoms with E-state index < -0.39 is 0 Å². The lowest BCUT2D eigenvalue weighted by atomic mass is 9.97. The molecule has 560 valence electrons. The van der Waals surface area contributed by atoms with E-state index in [0.717, 1.165) is 38.5 Å². The van der Waals surface area contributed by atoms with Gasteiger partial charge in [0.15, 0.2) is 28.9 Å². The van der Waals surface area contributed by atoms with Crippen molar-refractivity contribution < 1.29 is 76.7 Å². The number of aryl methyl sites for hydroxylation is 4. The highest BCUT2D eigenvalue weighted by Gasteiger charge is 2.28. The molecule has 110 heavy (non-hydrogen) atoms. The number of phenolic OH excluding ortho intramolecular Hbond substituents is 6. The van der Waals surface area contributed by atoms with Gasteiger partial charge in [-0.25, -0.2) is 0 Å². The predicted octanol–water partition coefficient (Wildman–Crippen LogP) is 25.2. The van der Waals surface area contributed by atoms with Crippen molar-refractivity contribution in [2.45, 2.75) is 60.8 Å². The minimum atomic E-state index is -0.229. The third-order valence-corrected chi connectivity index (χ3v) is 24.3. The predicted molar refractivity (Wildman–Crippen MR) is 492 cm³/mol. The average molecular weight is 2390 g/mol. The van der Waals surface area contributed by atoms with Crippen molar-refractivity contribution in [3.8, 4) is 34.5 Å². The zero-order valence-electron chi connectivity index (χ0n) is 58.7. The normalized spacial score (nSPS) is 11.1. The molecule has 16 nitrogen and oxygen atoms in total. The summed E-state index contributed by atoms with van der Waals surface area (Å²) in [6.45, 7) is 11.7. The van der Waals surface area contributed by atoms with Crippen LogP contribution in [0.1, 0.15) is 136 Å². The number of hydrogen-bond donors (Lipinski definition) is 6. The van der Waals surface area contributed by atoms with Gasteiger partial charge in [-0.15, -0.1) is 0 Å². The Morgan fingerprint density at radius 2 is 0.636 bits per heavy atom. The average Bonchev–Trinajstić information content (AvgIpc) is 1.69. The van der Waals surface area contributed by atoms with Crippen LogP contribution in [-0.4, -0.2) is 59.6 Å². The first-order chi connectivity index (χ1) is 52.4. The number of carbonyl (C=O) groups excluding carboxylic acids is 5. The van der Waals surface area contributed by atoms with Crippen LogP contribution in [0, 0.1) is 44.8 Å². The highest BCUT2D eigenvalue weighted by Crippen LogP contribution is 2.40. The molecule has 0 atom stereocenters. The van der Waals surface area contributed by atoms with E-state index in [0.29, 0.717) is 160 Å². The molecule has 5 heterocycles. The van der Waals surface area contributed by atoms with E-state index in [1.54, 1.807) is 80.6 Å². The van der Waals surface area contributed by atoms with Crippen molar-refractivity contribution in [3.63, 3.8) is 0 Å². The zero-order valence-corrected chi connectivity index (χ0v) is 77.0. The third-order valence-electron chi connectivity index (χ3n) is 17.3. The second kappa shape index (κ2) is 36.5. The molecule has 15 rings (SSSR count). The first kappa shape index (κ1) is 84.0. The quantitative estimate of drug-likeness (QED) is 0.0436. The molecule has 0 saturated carbocycles. The number of furan rings is 5. The molecule has 0 aliphatic carbocycles. The van der Waals surface area contributed by atoms with Crippen molar-refractivity contribution >= 4 is 274 Å². The summed E-state index contributed by atoms with van der Waals surface area (Å²) in [7, 11) is 0. The van der Waals surface area contributed by atoms with Gasteiger partial charge in [0.05, 0.1) is 61.8 Å². The van der Waals surface area contributed by atoms with Crippen LogP contribution in [0.25, 0.3) is 54.8 Å². The summed E-state index contributed by atoms with van der Waals surface area (Å²) in [5.74, 6) is 3.98. The van der Waals surface area contributed by atoms with E-state index in [2.05, 4.69) is 45.7 Å². The van der Waals surface area contributed by atoms with E-state index in [-0.39, 0.29) is 63.4 Å². The van der Waals surface area contributed by atoms with Crippen molar-refractivity contribution in [3.05, 3.63) is 300 Å². The maximum absolute atomic E-state index is 13.2. The molecule has 0 radical (unpaired) electrons. The Balaban J connectivity index is 0.000000137. The van der Waals surface area contributed by atoms with Crippen LogP contribution in [0.4, 0.5) is 0 Å². The number of ketones is 5. The van der Waals surface area contributed by atoms with E-state index >= 15 is 0 Å². The van der Waals surface area contributed by atoms with Crippen molar-refractivity contribution in [2.24, 2.45) is 5.92 Å². The fraction of sp³-hybridized carbons (Fsp3) is 0.118. The highest BCUT2D eigenvalue weighted by molar-refractivity contribution is 14.1. The Morgan fingerprint density at radius 3 is 1.01 bits per heavy atom. The Kier molecular flexibility index (Phi) is 27.9. The minimum absolute atomic E-state index is 0.0342. The van der Waals surface area contributed by atoms with Crippen molar-refractivity contribution in [1.82, 2.24) is 0 Å². The lowest BCUT2D eigenvalue weighted by Crippen LogP contribution is -2.06. The summed E-state index contributed by atoms with van der Waals surface area (Å²) in [6.07, 6.45) is 1.92. The lowest BCUT2D eigenvalue weighted by Gasteiger charge is -2.08. The Bertz CT molecular complexity index is 6050. The van der Waals surface area contributed by atoms with Gasteiger partial charge in [-0.3, -0.25) is 24.0 Å². The molecule has 6 N–H and O–H groups in total. The van der Waals surface area contributed by atoms with Crippen LogP contribution in [0.3, 0.4) is 0 Å². The molecule has 0 bridgehead atoms. The molecule has 10 aromatic carbocycles. The van der Waals surface area contributed by atoms with Gasteiger partial charge in [0.2, 0.25) is 0 Å². The van der Waals surface area contributed by atoms with E-state index in [4.69, 9.17) is 22.1 Å². The van der Waals surface area contributed by atoms with Gasteiger partial charge in [0.1, 0.15) is 91.2 Å². The summed E-state index contributed by atoms with van der Waals surface area (Å²) in [4.78, 5) is 64.6. The van der Waals surface area contributed by atoms with Crippen LogP contribution in [0.15, 0.2) is 213 Å². The number of aromatic hydroxyl groups is 6. The number of hydrogen-bond acceptors (Lipinski definition) is 16. The topological polar surface area (TPSA) is 272 Å². The summed E-state index contributed by atoms with van der Waals surface area (Å²) in [5, 5.41) is 62.6. The second-order valence-corrected chi connectivity index (χ2v) is 35.0. The molecular formula is C85H61Br2I7O16. The monoisotopic (exact) mass is 2380 g/mol. The summed E-state index contributed by atoms with van der Waals surface area (Å²) in [5.41, 5.74) is 8.93. The van der Waals surface area contributed by atoms with Crippen molar-refractivity contribution in [1.29, 1.82) is 0 Å². The van der Waals surface area contributed by atoms with Crippen LogP contribution < -0.4 is 0 Å². The molecule has 0 spiro atoms. The molecule has 15 aromatic rings. The number of phenols is 6. The molecule has 0 saturated heterocycles. The van der Waals surface area contributed by atoms with Gasteiger partial charge in [-0.1, -0.05) is 100 Å². The fourth-order valence-electron chi connectivity index (χ4n) is 12.1. The number of halogens is 9. The highest BCUT2D eigenvalue weighted by atomic mass is 127. The first-order valence-electron chi connectivity index (χ1n) is 33.5. The van der Waals surface area contributed by atoms with E-state index in [1.165, 1.54) is 18.2 Å². The first-order valence-corrected chi connectivity index (χ1v) is 42.7. The zero-order chi connectivity index (χ0) is 79.4. The van der Waals surface area contributed by atoms with Crippen molar-refractivity contribution in [2.75, 3.05) is 0 Å². The Labute approximate surface area is 742 Å². The van der Waals surface area contributed by atoms with E-state index in [9.17, 15) is 54.6 Å². The maximum atomic E-state index is 13.2.